The Morgan fingerprint density at radius 2 is 1.60 bits per heavy atom. The Morgan fingerprint density at radius 1 is 0.925 bits per heavy atom. The van der Waals surface area contributed by atoms with Crippen molar-refractivity contribution in [1.82, 2.24) is 0 Å². The van der Waals surface area contributed by atoms with Gasteiger partial charge in [0.15, 0.2) is 0 Å². The molecule has 9 heteroatoms. The zero-order chi connectivity index (χ0) is 29.5. The van der Waals surface area contributed by atoms with E-state index in [0.717, 1.165) is 18.1 Å². The van der Waals surface area contributed by atoms with Crippen molar-refractivity contribution in [2.24, 2.45) is 0 Å². The predicted molar refractivity (Wildman–Crippen MR) is 151 cm³/mol. The van der Waals surface area contributed by atoms with Gasteiger partial charge in [0.05, 0.1) is 18.8 Å². The molecule has 2 aromatic rings. The van der Waals surface area contributed by atoms with Crippen LogP contribution < -0.4 is 10.1 Å². The van der Waals surface area contributed by atoms with E-state index in [2.05, 4.69) is 25.1 Å². The van der Waals surface area contributed by atoms with Crippen molar-refractivity contribution in [3.63, 3.8) is 0 Å². The van der Waals surface area contributed by atoms with Crippen LogP contribution in [0.5, 0.6) is 5.75 Å². The van der Waals surface area contributed by atoms with Gasteiger partial charge in [-0.2, -0.15) is 0 Å². The molecule has 0 saturated heterocycles. The molecule has 0 heterocycles. The van der Waals surface area contributed by atoms with E-state index in [-0.39, 0.29) is 24.5 Å². The summed E-state index contributed by atoms with van der Waals surface area (Å²) in [4.78, 5) is 47.6. The van der Waals surface area contributed by atoms with Crippen LogP contribution in [0.1, 0.15) is 41.3 Å². The summed E-state index contributed by atoms with van der Waals surface area (Å²) in [6, 6.07) is 12.0. The minimum absolute atomic E-state index is 0.0504. The number of ether oxygens (including phenoxy) is 4. The highest BCUT2D eigenvalue weighted by Gasteiger charge is 2.12. The first kappa shape index (κ1) is 31.3. The van der Waals surface area contributed by atoms with Crippen LogP contribution in [0.25, 0.3) is 0 Å². The molecule has 0 aliphatic carbocycles. The van der Waals surface area contributed by atoms with Gasteiger partial charge in [-0.1, -0.05) is 38.8 Å². The molecule has 0 radical (unpaired) electrons. The van der Waals surface area contributed by atoms with Crippen LogP contribution in [-0.2, 0) is 30.2 Å². The number of carbonyl (C=O) groups is 4. The van der Waals surface area contributed by atoms with E-state index >= 15 is 0 Å². The van der Waals surface area contributed by atoms with Crippen molar-refractivity contribution in [2.75, 3.05) is 18.5 Å². The number of unbranched alkanes of at least 4 members (excludes halogenated alkanes) is 1. The second kappa shape index (κ2) is 16.1. The lowest BCUT2D eigenvalue weighted by Gasteiger charge is -2.11. The quantitative estimate of drug-likeness (QED) is 0.0764. The number of nitrogens with one attached hydrogen (secondary N) is 1. The molecule has 1 amide bonds. The lowest BCUT2D eigenvalue weighted by Crippen LogP contribution is -2.14. The Labute approximate surface area is 233 Å². The van der Waals surface area contributed by atoms with Crippen molar-refractivity contribution in [3.05, 3.63) is 108 Å². The van der Waals surface area contributed by atoms with Gasteiger partial charge in [0, 0.05) is 17.3 Å². The minimum atomic E-state index is -0.956. The number of hydrogen-bond acceptors (Lipinski definition) is 8. The van der Waals surface area contributed by atoms with E-state index in [1.54, 1.807) is 37.3 Å². The molecule has 2 rings (SSSR count). The van der Waals surface area contributed by atoms with Crippen LogP contribution in [0, 0.1) is 6.92 Å². The Bertz CT molecular complexity index is 1290. The van der Waals surface area contributed by atoms with Crippen molar-refractivity contribution < 1.29 is 38.1 Å². The number of rotatable bonds is 14. The summed E-state index contributed by atoms with van der Waals surface area (Å²) >= 11 is 0. The highest BCUT2D eigenvalue weighted by Crippen LogP contribution is 2.23. The fraction of sp³-hybridized carbons (Fsp3) is 0.226. The van der Waals surface area contributed by atoms with Crippen LogP contribution in [0.4, 0.5) is 10.5 Å². The molecule has 0 unspecified atom stereocenters. The van der Waals surface area contributed by atoms with Gasteiger partial charge in [-0.25, -0.2) is 14.4 Å². The third kappa shape index (κ3) is 10.8. The molecule has 210 valence electrons. The van der Waals surface area contributed by atoms with Crippen LogP contribution in [0.3, 0.4) is 0 Å². The SMILES string of the molecule is C=CC(=O)OCCCCOC(=O)OC(=C)/C=C\C(=C)C(=O)Nc1ccc(OC(=O)c2ccc(CC)cc2)cc1C. The molecule has 0 saturated carbocycles. The van der Waals surface area contributed by atoms with Crippen molar-refractivity contribution in [3.8, 4) is 5.75 Å². The first-order valence-corrected chi connectivity index (χ1v) is 12.6. The van der Waals surface area contributed by atoms with Gasteiger partial charge in [-0.05, 0) is 79.8 Å². The largest absolute Gasteiger partial charge is 0.513 e. The molecule has 0 atom stereocenters. The Balaban J connectivity index is 1.78. The average molecular weight is 548 g/mol. The average Bonchev–Trinajstić information content (AvgIpc) is 2.94. The van der Waals surface area contributed by atoms with E-state index in [9.17, 15) is 19.2 Å². The van der Waals surface area contributed by atoms with Gasteiger partial charge >= 0.3 is 18.1 Å². The monoisotopic (exact) mass is 547 g/mol. The molecule has 0 aliphatic rings. The third-order valence-corrected chi connectivity index (χ3v) is 5.40. The smallest absolute Gasteiger partial charge is 0.463 e. The fourth-order valence-corrected chi connectivity index (χ4v) is 3.12. The van der Waals surface area contributed by atoms with Gasteiger partial charge in [0.2, 0.25) is 0 Å². The summed E-state index contributed by atoms with van der Waals surface area (Å²) < 4.78 is 20.1. The summed E-state index contributed by atoms with van der Waals surface area (Å²) in [5, 5.41) is 2.73. The van der Waals surface area contributed by atoms with E-state index in [1.807, 2.05) is 19.1 Å². The van der Waals surface area contributed by atoms with Crippen molar-refractivity contribution >= 4 is 29.7 Å². The van der Waals surface area contributed by atoms with Gasteiger partial charge in [-0.3, -0.25) is 4.79 Å². The van der Waals surface area contributed by atoms with Gasteiger partial charge < -0.3 is 24.3 Å². The summed E-state index contributed by atoms with van der Waals surface area (Å²) in [5.74, 6) is -1.19. The lowest BCUT2D eigenvalue weighted by molar-refractivity contribution is -0.137. The summed E-state index contributed by atoms with van der Waals surface area (Å²) in [6.45, 7) is 14.6. The lowest BCUT2D eigenvalue weighted by atomic mass is 10.1. The molecule has 40 heavy (non-hydrogen) atoms. The van der Waals surface area contributed by atoms with Crippen LogP contribution >= 0.6 is 0 Å². The number of carbonyl (C=O) groups excluding carboxylic acids is 4. The number of esters is 2. The minimum Gasteiger partial charge on any atom is -0.463 e. The highest BCUT2D eigenvalue weighted by atomic mass is 16.7. The molecule has 0 spiro atoms. The van der Waals surface area contributed by atoms with E-state index in [1.165, 1.54) is 12.2 Å². The second-order valence-electron chi connectivity index (χ2n) is 8.47. The highest BCUT2D eigenvalue weighted by molar-refractivity contribution is 6.05. The zero-order valence-electron chi connectivity index (χ0n) is 22.7. The van der Waals surface area contributed by atoms with E-state index in [0.29, 0.717) is 35.4 Å². The predicted octanol–water partition coefficient (Wildman–Crippen LogP) is 6.00. The maximum atomic E-state index is 12.5. The molecular weight excluding hydrogens is 514 g/mol. The van der Waals surface area contributed by atoms with Crippen molar-refractivity contribution in [1.29, 1.82) is 0 Å². The van der Waals surface area contributed by atoms with Crippen molar-refractivity contribution in [2.45, 2.75) is 33.1 Å². The van der Waals surface area contributed by atoms with Gasteiger partial charge in [-0.15, -0.1) is 0 Å². The number of amides is 1. The Hall–Kier alpha value is -4.92. The number of anilines is 1. The molecule has 2 aromatic carbocycles. The normalized spacial score (nSPS) is 10.3. The van der Waals surface area contributed by atoms with E-state index in [4.69, 9.17) is 18.9 Å². The number of allylic oxidation sites excluding steroid dienone is 1. The summed E-state index contributed by atoms with van der Waals surface area (Å²) in [5.41, 5.74) is 2.82. The summed E-state index contributed by atoms with van der Waals surface area (Å²) in [6.07, 6.45) is 4.61. The van der Waals surface area contributed by atoms with Crippen LogP contribution in [0.2, 0.25) is 0 Å². The zero-order valence-corrected chi connectivity index (χ0v) is 22.7. The topological polar surface area (TPSA) is 117 Å². The summed E-state index contributed by atoms with van der Waals surface area (Å²) in [7, 11) is 0. The molecule has 0 bridgehead atoms. The first-order chi connectivity index (χ1) is 19.1. The maximum absolute atomic E-state index is 12.5. The maximum Gasteiger partial charge on any atom is 0.513 e. The van der Waals surface area contributed by atoms with E-state index < -0.39 is 24.0 Å². The molecule has 1 N–H and O–H groups in total. The Kier molecular flexibility index (Phi) is 12.6. The molecular formula is C31H33NO8. The number of hydrogen-bond donors (Lipinski definition) is 1. The molecule has 0 aliphatic heterocycles. The Morgan fingerprint density at radius 3 is 2.23 bits per heavy atom. The molecule has 9 nitrogen and oxygen atoms in total. The molecule has 0 fully saturated rings. The first-order valence-electron chi connectivity index (χ1n) is 12.6. The van der Waals surface area contributed by atoms with Gasteiger partial charge in [0.25, 0.3) is 5.91 Å². The van der Waals surface area contributed by atoms with Gasteiger partial charge in [0.1, 0.15) is 11.5 Å². The third-order valence-electron chi connectivity index (χ3n) is 5.40. The van der Waals surface area contributed by atoms with Crippen LogP contribution in [0.15, 0.2) is 91.8 Å². The number of benzene rings is 2. The second-order valence-corrected chi connectivity index (χ2v) is 8.47. The fourth-order valence-electron chi connectivity index (χ4n) is 3.12. The molecule has 0 aromatic heterocycles. The number of aryl methyl sites for hydroxylation is 2. The van der Waals surface area contributed by atoms with Crippen LogP contribution in [-0.4, -0.2) is 37.2 Å². The standard InChI is InChI=1S/C31H33NO8/c1-6-24-12-14-25(15-13-24)30(35)40-26-16-17-27(22(4)20-26)32-29(34)21(3)10-11-23(5)39-31(36)38-19-9-8-18-37-28(33)7-2/h7,10-17,20H,2-3,5-6,8-9,18-19H2,1,4H3,(H,32,34)/b11-10-.